The van der Waals surface area contributed by atoms with Crippen LogP contribution in [-0.2, 0) is 19.1 Å². The zero-order valence-electron chi connectivity index (χ0n) is 42.0. The lowest BCUT2D eigenvalue weighted by atomic mass is 9.49. The second-order valence-electron chi connectivity index (χ2n) is 21.8. The van der Waals surface area contributed by atoms with Crippen LogP contribution in [0.1, 0.15) is 101 Å². The number of aliphatic hydroxyl groups is 1. The lowest BCUT2D eigenvalue weighted by molar-refractivity contribution is -0.164. The van der Waals surface area contributed by atoms with Gasteiger partial charge in [-0.1, -0.05) is 84.3 Å². The first-order chi connectivity index (χ1) is 33.6. The number of benzene rings is 2. The Kier molecular flexibility index (Phi) is 14.9. The average molecular weight is 1010 g/mol. The molecule has 4 amide bonds. The number of aliphatic hydroxyl groups excluding tert-OH is 1. The molecule has 4 aromatic rings. The van der Waals surface area contributed by atoms with Crippen molar-refractivity contribution in [3.63, 3.8) is 0 Å². The number of anilines is 1. The second kappa shape index (κ2) is 20.5. The van der Waals surface area contributed by atoms with Gasteiger partial charge in [0, 0.05) is 73.8 Å². The Morgan fingerprint density at radius 2 is 1.70 bits per heavy atom. The Balaban J connectivity index is 0.774. The molecule has 2 aromatic carbocycles. The van der Waals surface area contributed by atoms with E-state index in [1.807, 2.05) is 76.5 Å². The van der Waals surface area contributed by atoms with E-state index in [1.165, 1.54) is 4.90 Å². The molecule has 2 aromatic heterocycles. The maximum absolute atomic E-state index is 14.2. The summed E-state index contributed by atoms with van der Waals surface area (Å²) in [7, 11) is 0. The zero-order chi connectivity index (χ0) is 51.2. The molecule has 6 atom stereocenters. The predicted molar refractivity (Wildman–Crippen MR) is 272 cm³/mol. The van der Waals surface area contributed by atoms with Gasteiger partial charge in [0.05, 0.1) is 51.0 Å². The van der Waals surface area contributed by atoms with Crippen molar-refractivity contribution in [2.45, 2.75) is 124 Å². The van der Waals surface area contributed by atoms with Crippen molar-refractivity contribution in [2.24, 2.45) is 16.2 Å². The number of rotatable bonds is 16. The quantitative estimate of drug-likeness (QED) is 0.0915. The number of nitriles is 1. The smallest absolute Gasteiger partial charge is 0.253 e. The number of ether oxygens (including phenoxy) is 2. The first-order valence-electron chi connectivity index (χ1n) is 24.4. The number of hydrogen-bond donors (Lipinski definition) is 4. The van der Waals surface area contributed by atoms with Gasteiger partial charge in [-0.15, -0.1) is 11.3 Å². The highest BCUT2D eigenvalue weighted by molar-refractivity contribution is 7.13. The number of aromatic nitrogens is 2. The number of pyridine rings is 1. The first kappa shape index (κ1) is 51.7. The third-order valence-corrected chi connectivity index (χ3v) is 16.2. The van der Waals surface area contributed by atoms with Crippen LogP contribution in [0.25, 0.3) is 10.4 Å². The number of carbonyl (C=O) groups is 4. The summed E-state index contributed by atoms with van der Waals surface area (Å²) in [4.78, 5) is 71.0. The topological polar surface area (TPSA) is 202 Å². The van der Waals surface area contributed by atoms with Crippen LogP contribution in [0.5, 0.6) is 5.75 Å². The van der Waals surface area contributed by atoms with Crippen LogP contribution >= 0.6 is 22.9 Å². The molecule has 2 bridgehead atoms. The van der Waals surface area contributed by atoms with Gasteiger partial charge < -0.3 is 40.3 Å². The summed E-state index contributed by atoms with van der Waals surface area (Å²) < 4.78 is 12.2. The number of hydrogen-bond acceptors (Lipinski definition) is 13. The first-order valence-corrected chi connectivity index (χ1v) is 25.6. The molecule has 4 aliphatic rings. The highest BCUT2D eigenvalue weighted by Gasteiger charge is 2.64. The summed E-state index contributed by atoms with van der Waals surface area (Å²) in [5.74, 6) is -0.0491. The zero-order valence-corrected chi connectivity index (χ0v) is 43.6. The minimum atomic E-state index is -0.964. The molecule has 378 valence electrons. The van der Waals surface area contributed by atoms with E-state index in [4.69, 9.17) is 26.1 Å². The molecule has 71 heavy (non-hydrogen) atoms. The van der Waals surface area contributed by atoms with Gasteiger partial charge in [0.15, 0.2) is 0 Å². The molecule has 1 aliphatic carbocycles. The average Bonchev–Trinajstić information content (AvgIpc) is 4.14. The number of piperazine rings is 1. The van der Waals surface area contributed by atoms with Gasteiger partial charge in [-0.3, -0.25) is 24.1 Å². The lowest BCUT2D eigenvalue weighted by Gasteiger charge is -2.63. The Labute approximate surface area is 425 Å². The third-order valence-electron chi connectivity index (χ3n) is 14.9. The molecular weight excluding hydrogens is 942 g/mol. The van der Waals surface area contributed by atoms with Gasteiger partial charge in [-0.05, 0) is 61.1 Å². The summed E-state index contributed by atoms with van der Waals surface area (Å²) in [5, 5.41) is 29.4. The number of carbonyl (C=O) groups excluding carboxylic acids is 4. The normalized spacial score (nSPS) is 24.1. The van der Waals surface area contributed by atoms with Crippen LogP contribution in [0.2, 0.25) is 5.02 Å². The molecule has 4 fully saturated rings. The number of nitrogens with one attached hydrogen (secondary N) is 3. The van der Waals surface area contributed by atoms with Gasteiger partial charge in [0.2, 0.25) is 17.7 Å². The molecular formula is C53H66ClN9O7S. The van der Waals surface area contributed by atoms with Crippen molar-refractivity contribution in [2.75, 3.05) is 44.3 Å². The Hall–Kier alpha value is -5.64. The van der Waals surface area contributed by atoms with E-state index < -0.39 is 46.2 Å². The molecule has 16 nitrogen and oxygen atoms in total. The van der Waals surface area contributed by atoms with Gasteiger partial charge in [0.1, 0.15) is 42.4 Å². The maximum Gasteiger partial charge on any atom is 0.253 e. The van der Waals surface area contributed by atoms with E-state index in [0.29, 0.717) is 35.1 Å². The maximum atomic E-state index is 14.2. The Morgan fingerprint density at radius 3 is 2.31 bits per heavy atom. The number of aryl methyl sites for hydroxylation is 1. The fourth-order valence-corrected chi connectivity index (χ4v) is 12.4. The lowest BCUT2D eigenvalue weighted by Crippen LogP contribution is -2.74. The summed E-state index contributed by atoms with van der Waals surface area (Å²) in [6, 6.07) is 16.9. The molecule has 5 heterocycles. The molecule has 18 heteroatoms. The third kappa shape index (κ3) is 10.8. The number of thiazole rings is 1. The molecule has 0 radical (unpaired) electrons. The molecule has 1 saturated carbocycles. The van der Waals surface area contributed by atoms with Crippen LogP contribution in [0.4, 0.5) is 5.82 Å². The molecule has 8 rings (SSSR count). The minimum absolute atomic E-state index is 0.0168. The van der Waals surface area contributed by atoms with E-state index in [-0.39, 0.29) is 61.7 Å². The largest absolute Gasteiger partial charge is 0.489 e. The van der Waals surface area contributed by atoms with Crippen LogP contribution in [0.3, 0.4) is 0 Å². The van der Waals surface area contributed by atoms with E-state index in [0.717, 1.165) is 47.0 Å². The van der Waals surface area contributed by atoms with E-state index >= 15 is 0 Å². The van der Waals surface area contributed by atoms with E-state index in [1.54, 1.807) is 35.7 Å². The number of likely N-dealkylation sites (tertiary alicyclic amines) is 2. The van der Waals surface area contributed by atoms with Crippen LogP contribution < -0.4 is 25.6 Å². The fraction of sp³-hybridized carbons (Fsp3) is 0.528. The summed E-state index contributed by atoms with van der Waals surface area (Å²) in [6.07, 6.45) is 1.59. The van der Waals surface area contributed by atoms with Gasteiger partial charge in [0.25, 0.3) is 5.91 Å². The predicted octanol–water partition coefficient (Wildman–Crippen LogP) is 6.30. The van der Waals surface area contributed by atoms with Crippen LogP contribution in [0, 0.1) is 34.5 Å². The second-order valence-corrected chi connectivity index (χ2v) is 23.1. The fourth-order valence-electron chi connectivity index (χ4n) is 11.4. The van der Waals surface area contributed by atoms with Crippen molar-refractivity contribution in [3.05, 3.63) is 93.7 Å². The highest BCUT2D eigenvalue weighted by Crippen LogP contribution is 2.55. The monoisotopic (exact) mass is 1010 g/mol. The van der Waals surface area contributed by atoms with Crippen LogP contribution in [-0.4, -0.2) is 130 Å². The number of fused-ring (bicyclic) bond motifs is 2. The summed E-state index contributed by atoms with van der Waals surface area (Å²) in [6.45, 7) is 20.0. The van der Waals surface area contributed by atoms with E-state index in [9.17, 15) is 29.5 Å². The Morgan fingerprint density at radius 1 is 0.972 bits per heavy atom. The van der Waals surface area contributed by atoms with E-state index in [2.05, 4.69) is 64.5 Å². The summed E-state index contributed by atoms with van der Waals surface area (Å²) >= 11 is 7.84. The van der Waals surface area contributed by atoms with Crippen molar-refractivity contribution >= 4 is 52.4 Å². The number of nitrogens with zero attached hydrogens (tertiary/aromatic N) is 6. The minimum Gasteiger partial charge on any atom is -0.489 e. The van der Waals surface area contributed by atoms with Crippen LogP contribution in [0.15, 0.2) is 66.3 Å². The van der Waals surface area contributed by atoms with Crippen molar-refractivity contribution in [3.8, 4) is 22.3 Å². The van der Waals surface area contributed by atoms with Gasteiger partial charge in [-0.2, -0.15) is 5.26 Å². The molecule has 4 N–H and O–H groups in total. The molecule has 0 unspecified atom stereocenters. The number of β-amino-alcohol motifs (C(OH)–C–C–N with tert-alkyl or cyclic N) is 1. The Bertz CT molecular complexity index is 2650. The van der Waals surface area contributed by atoms with Crippen molar-refractivity contribution in [1.29, 1.82) is 5.26 Å². The number of amides is 4. The SMILES string of the molecule is Cc1ncsc1-c1ccc([C@H](C)NC(=O)[C@@H]2C[C@@H](O)CN2C(=O)[C@@H](NC(=O)COCCN2C[C@H]3C[C@@H]2CN3c2ccc(C(=O)NC3C(C)(C)C(Oc4ccc(C#N)c(Cl)c4)C3(C)C)cn2)C(C)(C)C)cc1. The van der Waals surface area contributed by atoms with Crippen molar-refractivity contribution in [1.82, 2.24) is 35.7 Å². The molecule has 3 saturated heterocycles. The summed E-state index contributed by atoms with van der Waals surface area (Å²) in [5.41, 5.74) is 4.09. The number of halogens is 1. The molecule has 3 aliphatic heterocycles. The highest BCUT2D eigenvalue weighted by atomic mass is 35.5. The molecule has 0 spiro atoms. The van der Waals surface area contributed by atoms with Gasteiger partial charge in [-0.25, -0.2) is 9.97 Å². The van der Waals surface area contributed by atoms with Crippen molar-refractivity contribution < 1.29 is 33.8 Å². The van der Waals surface area contributed by atoms with Gasteiger partial charge >= 0.3 is 0 Å². The standard InChI is InChI=1S/C53H66ClN9O7S/c1-30(32-10-12-33(13-11-32)44-31(2)57-29-71-44)58-47(67)41-21-38(64)27-63(41)48(68)45(51(3,4)5)59-43(65)28-69-19-18-61-25-37-20-36(61)26-62(37)42-17-15-35(24-56-42)46(66)60-49-52(6,7)50(53(49,8)9)70-39-16-14-34(23-55)40(54)22-39/h10-17,22,24,29-30,36-38,41,45,49-50,64H,18-21,25-28H2,1-9H3,(H,58,67)(H,59,65)(H,60,66)/t30-,36+,37+,38+,41-,45+,49?,50?/m0/s1.